The van der Waals surface area contributed by atoms with Crippen molar-refractivity contribution in [2.24, 2.45) is 0 Å². The first-order valence-electron chi connectivity index (χ1n) is 5.91. The van der Waals surface area contributed by atoms with Crippen LogP contribution in [0, 0.1) is 0 Å². The Morgan fingerprint density at radius 2 is 2.07 bits per heavy atom. The van der Waals surface area contributed by atoms with Crippen molar-refractivity contribution in [1.29, 1.82) is 0 Å². The van der Waals surface area contributed by atoms with Gasteiger partial charge in [-0.3, -0.25) is 0 Å². The molecular formula is C13H19NO. The minimum atomic E-state index is 0.429. The molecule has 2 nitrogen and oxygen atoms in total. The summed E-state index contributed by atoms with van der Waals surface area (Å²) in [5.74, 6) is 1.69. The summed E-state index contributed by atoms with van der Waals surface area (Å²) in [7, 11) is 0. The Balaban J connectivity index is 0.000000404. The predicted octanol–water partition coefficient (Wildman–Crippen LogP) is 2.55. The molecule has 2 heterocycles. The van der Waals surface area contributed by atoms with Gasteiger partial charge >= 0.3 is 0 Å². The molecule has 1 aromatic rings. The first-order chi connectivity index (χ1) is 7.45. The molecule has 0 aliphatic carbocycles. The van der Waals surface area contributed by atoms with Gasteiger partial charge in [-0.2, -0.15) is 0 Å². The van der Waals surface area contributed by atoms with Crippen LogP contribution in [0.2, 0.25) is 0 Å². The third-order valence-electron chi connectivity index (χ3n) is 3.02. The molecule has 0 saturated carbocycles. The van der Waals surface area contributed by atoms with Crippen LogP contribution in [0.1, 0.15) is 31.7 Å². The second-order valence-corrected chi connectivity index (χ2v) is 3.79. The van der Waals surface area contributed by atoms with Crippen LogP contribution < -0.4 is 10.1 Å². The summed E-state index contributed by atoms with van der Waals surface area (Å²) in [6, 6.07) is 8.41. The summed E-state index contributed by atoms with van der Waals surface area (Å²) in [5, 5.41) is 3.42. The molecule has 82 valence electrons. The second-order valence-electron chi connectivity index (χ2n) is 3.79. The molecule has 0 radical (unpaired) electrons. The van der Waals surface area contributed by atoms with Gasteiger partial charge in [0.25, 0.3) is 0 Å². The molecule has 2 heteroatoms. The number of hydrogen-bond acceptors (Lipinski definition) is 2. The number of hydrogen-bond donors (Lipinski definition) is 1. The van der Waals surface area contributed by atoms with Gasteiger partial charge in [0.15, 0.2) is 0 Å². The van der Waals surface area contributed by atoms with Crippen LogP contribution in [0.4, 0.5) is 0 Å². The van der Waals surface area contributed by atoms with E-state index >= 15 is 0 Å². The van der Waals surface area contributed by atoms with Crippen LogP contribution in [-0.2, 0) is 0 Å². The summed E-state index contributed by atoms with van der Waals surface area (Å²) < 4.78 is 5.87. The van der Waals surface area contributed by atoms with Crippen molar-refractivity contribution >= 4 is 0 Å². The number of fused-ring (bicyclic) bond motifs is 3. The lowest BCUT2D eigenvalue weighted by atomic mass is 9.91. The molecule has 1 fully saturated rings. The monoisotopic (exact) mass is 205 g/mol. The van der Waals surface area contributed by atoms with Crippen LogP contribution in [0.25, 0.3) is 0 Å². The first-order valence-corrected chi connectivity index (χ1v) is 5.91. The number of ether oxygens (including phenoxy) is 1. The molecule has 15 heavy (non-hydrogen) atoms. The van der Waals surface area contributed by atoms with E-state index in [2.05, 4.69) is 23.5 Å². The molecule has 0 spiro atoms. The molecule has 2 atom stereocenters. The lowest BCUT2D eigenvalue weighted by Gasteiger charge is -2.24. The molecular weight excluding hydrogens is 186 g/mol. The standard InChI is InChI=1S/C11H13NO.C2H6/c1-2-4-10-8(3-1)9-7-12-6-5-11(9)13-10;1-2/h1-4,9,11-12H,5-7H2;1-2H3. The number of benzene rings is 1. The van der Waals surface area contributed by atoms with Crippen molar-refractivity contribution in [2.45, 2.75) is 32.3 Å². The molecule has 2 aliphatic heterocycles. The smallest absolute Gasteiger partial charge is 0.123 e. The van der Waals surface area contributed by atoms with E-state index in [-0.39, 0.29) is 0 Å². The van der Waals surface area contributed by atoms with E-state index in [1.807, 2.05) is 19.9 Å². The highest BCUT2D eigenvalue weighted by atomic mass is 16.5. The van der Waals surface area contributed by atoms with E-state index < -0.39 is 0 Å². The zero-order valence-corrected chi connectivity index (χ0v) is 9.49. The summed E-state index contributed by atoms with van der Waals surface area (Å²) in [6.45, 7) is 6.16. The van der Waals surface area contributed by atoms with Crippen LogP contribution in [0.3, 0.4) is 0 Å². The third-order valence-corrected chi connectivity index (χ3v) is 3.02. The highest BCUT2D eigenvalue weighted by molar-refractivity contribution is 5.41. The van der Waals surface area contributed by atoms with Gasteiger partial charge in [0.2, 0.25) is 0 Å². The fourth-order valence-electron chi connectivity index (χ4n) is 2.34. The lowest BCUT2D eigenvalue weighted by Crippen LogP contribution is -2.37. The minimum absolute atomic E-state index is 0.429. The van der Waals surface area contributed by atoms with Gasteiger partial charge in [-0.1, -0.05) is 32.0 Å². The highest BCUT2D eigenvalue weighted by Crippen LogP contribution is 2.39. The maximum Gasteiger partial charge on any atom is 0.123 e. The molecule has 0 aromatic heterocycles. The maximum absolute atomic E-state index is 5.87. The van der Waals surface area contributed by atoms with Gasteiger partial charge in [-0.15, -0.1) is 0 Å². The molecule has 1 saturated heterocycles. The number of para-hydroxylation sites is 1. The number of piperidine rings is 1. The van der Waals surface area contributed by atoms with Crippen LogP contribution >= 0.6 is 0 Å². The summed E-state index contributed by atoms with van der Waals surface area (Å²) in [6.07, 6.45) is 1.57. The van der Waals surface area contributed by atoms with Crippen LogP contribution in [0.15, 0.2) is 24.3 Å². The van der Waals surface area contributed by atoms with Crippen molar-refractivity contribution < 1.29 is 4.74 Å². The molecule has 1 aromatic carbocycles. The van der Waals surface area contributed by atoms with E-state index in [1.54, 1.807) is 0 Å². The van der Waals surface area contributed by atoms with E-state index in [4.69, 9.17) is 4.74 Å². The second kappa shape index (κ2) is 4.67. The molecule has 2 unspecified atom stereocenters. The van der Waals surface area contributed by atoms with Crippen molar-refractivity contribution in [3.05, 3.63) is 29.8 Å². The van der Waals surface area contributed by atoms with Crippen molar-refractivity contribution in [3.8, 4) is 5.75 Å². The van der Waals surface area contributed by atoms with Gasteiger partial charge < -0.3 is 10.1 Å². The topological polar surface area (TPSA) is 21.3 Å². The quantitative estimate of drug-likeness (QED) is 0.703. The predicted molar refractivity (Wildman–Crippen MR) is 62.4 cm³/mol. The third kappa shape index (κ3) is 1.86. The fraction of sp³-hybridized carbons (Fsp3) is 0.538. The van der Waals surface area contributed by atoms with Gasteiger partial charge in [-0.25, -0.2) is 0 Å². The van der Waals surface area contributed by atoms with Gasteiger partial charge in [0.1, 0.15) is 11.9 Å². The number of nitrogens with one attached hydrogen (secondary N) is 1. The van der Waals surface area contributed by atoms with E-state index in [0.29, 0.717) is 12.0 Å². The Labute approximate surface area is 91.6 Å². The SMILES string of the molecule is CC.c1ccc2c(c1)OC1CCNCC21. The minimum Gasteiger partial charge on any atom is -0.489 e. The molecule has 2 aliphatic rings. The van der Waals surface area contributed by atoms with E-state index in [9.17, 15) is 0 Å². The lowest BCUT2D eigenvalue weighted by molar-refractivity contribution is 0.172. The van der Waals surface area contributed by atoms with Crippen LogP contribution in [-0.4, -0.2) is 19.2 Å². The normalized spacial score (nSPS) is 26.8. The molecule has 0 amide bonds. The maximum atomic E-state index is 5.87. The van der Waals surface area contributed by atoms with Gasteiger partial charge in [0, 0.05) is 18.0 Å². The Morgan fingerprint density at radius 3 is 2.93 bits per heavy atom. The Kier molecular flexibility index (Phi) is 3.27. The Hall–Kier alpha value is -1.02. The highest BCUT2D eigenvalue weighted by Gasteiger charge is 2.35. The summed E-state index contributed by atoms with van der Waals surface area (Å²) in [5.41, 5.74) is 1.39. The molecule has 0 bridgehead atoms. The van der Waals surface area contributed by atoms with E-state index in [0.717, 1.165) is 25.3 Å². The zero-order chi connectivity index (χ0) is 10.7. The summed E-state index contributed by atoms with van der Waals surface area (Å²) >= 11 is 0. The van der Waals surface area contributed by atoms with Crippen molar-refractivity contribution in [2.75, 3.05) is 13.1 Å². The summed E-state index contributed by atoms with van der Waals surface area (Å²) in [4.78, 5) is 0. The molecule has 3 rings (SSSR count). The van der Waals surface area contributed by atoms with Gasteiger partial charge in [-0.05, 0) is 19.0 Å². The average molecular weight is 205 g/mol. The first kappa shape index (κ1) is 10.5. The fourth-order valence-corrected chi connectivity index (χ4v) is 2.34. The number of rotatable bonds is 0. The van der Waals surface area contributed by atoms with Gasteiger partial charge in [0.05, 0.1) is 0 Å². The van der Waals surface area contributed by atoms with Crippen molar-refractivity contribution in [1.82, 2.24) is 5.32 Å². The van der Waals surface area contributed by atoms with Crippen LogP contribution in [0.5, 0.6) is 5.75 Å². The molecule has 1 N–H and O–H groups in total. The largest absolute Gasteiger partial charge is 0.489 e. The van der Waals surface area contributed by atoms with Crippen molar-refractivity contribution in [3.63, 3.8) is 0 Å². The Bertz CT molecular complexity index is 324. The Morgan fingerprint density at radius 1 is 1.27 bits per heavy atom. The average Bonchev–Trinajstić information content (AvgIpc) is 2.70. The van der Waals surface area contributed by atoms with E-state index in [1.165, 1.54) is 5.56 Å². The zero-order valence-electron chi connectivity index (χ0n) is 9.49.